The summed E-state index contributed by atoms with van der Waals surface area (Å²) in [5.41, 5.74) is 1.18. The first kappa shape index (κ1) is 14.2. The predicted molar refractivity (Wildman–Crippen MR) is 80.9 cm³/mol. The second-order valence-electron chi connectivity index (χ2n) is 4.89. The number of hydrogen-bond acceptors (Lipinski definition) is 4. The van der Waals surface area contributed by atoms with E-state index in [4.69, 9.17) is 0 Å². The van der Waals surface area contributed by atoms with Crippen molar-refractivity contribution in [3.63, 3.8) is 0 Å². The lowest BCUT2D eigenvalue weighted by Gasteiger charge is -2.30. The number of fused-ring (bicyclic) bond motifs is 1. The molecular formula is C14H21N3OS. The Morgan fingerprint density at radius 3 is 3.00 bits per heavy atom. The SMILES string of the molecule is CN(C)CCNC(=O)CN1CCSc2ccccc21. The average Bonchev–Trinajstić information content (AvgIpc) is 2.39. The van der Waals surface area contributed by atoms with Gasteiger partial charge < -0.3 is 15.1 Å². The molecule has 0 saturated heterocycles. The van der Waals surface area contributed by atoms with Gasteiger partial charge in [-0.25, -0.2) is 0 Å². The van der Waals surface area contributed by atoms with Crippen LogP contribution in [0.2, 0.25) is 0 Å². The molecule has 5 heteroatoms. The lowest BCUT2D eigenvalue weighted by molar-refractivity contribution is -0.119. The lowest BCUT2D eigenvalue weighted by Crippen LogP contribution is -2.41. The third-order valence-corrected chi connectivity index (χ3v) is 4.08. The van der Waals surface area contributed by atoms with Crippen LogP contribution >= 0.6 is 11.8 Å². The molecule has 104 valence electrons. The fraction of sp³-hybridized carbons (Fsp3) is 0.500. The van der Waals surface area contributed by atoms with Crippen LogP contribution in [0.4, 0.5) is 5.69 Å². The summed E-state index contributed by atoms with van der Waals surface area (Å²) in [6, 6.07) is 8.29. The van der Waals surface area contributed by atoms with Crippen LogP contribution in [-0.4, -0.2) is 56.8 Å². The summed E-state index contributed by atoms with van der Waals surface area (Å²) >= 11 is 1.86. The van der Waals surface area contributed by atoms with Gasteiger partial charge in [-0.2, -0.15) is 0 Å². The Balaban J connectivity index is 1.88. The number of thioether (sulfide) groups is 1. The van der Waals surface area contributed by atoms with Gasteiger partial charge >= 0.3 is 0 Å². The van der Waals surface area contributed by atoms with Gasteiger partial charge in [0.25, 0.3) is 0 Å². The molecule has 0 atom stereocenters. The van der Waals surface area contributed by atoms with Gasteiger partial charge in [0, 0.05) is 30.3 Å². The van der Waals surface area contributed by atoms with E-state index in [9.17, 15) is 4.79 Å². The van der Waals surface area contributed by atoms with E-state index in [0.717, 1.165) is 18.8 Å². The summed E-state index contributed by atoms with van der Waals surface area (Å²) in [7, 11) is 4.01. The number of benzene rings is 1. The van der Waals surface area contributed by atoms with Gasteiger partial charge in [-0.1, -0.05) is 12.1 Å². The second kappa shape index (κ2) is 6.82. The van der Waals surface area contributed by atoms with E-state index in [1.54, 1.807) is 0 Å². The van der Waals surface area contributed by atoms with Crippen molar-refractivity contribution >= 4 is 23.4 Å². The van der Waals surface area contributed by atoms with Crippen LogP contribution in [0.1, 0.15) is 0 Å². The average molecular weight is 279 g/mol. The van der Waals surface area contributed by atoms with Crippen molar-refractivity contribution in [3.8, 4) is 0 Å². The number of hydrogen-bond donors (Lipinski definition) is 1. The number of para-hydroxylation sites is 1. The number of carbonyl (C=O) groups is 1. The number of nitrogens with one attached hydrogen (secondary N) is 1. The van der Waals surface area contributed by atoms with Gasteiger partial charge in [-0.05, 0) is 26.2 Å². The highest BCUT2D eigenvalue weighted by atomic mass is 32.2. The highest BCUT2D eigenvalue weighted by Gasteiger charge is 2.18. The van der Waals surface area contributed by atoms with E-state index in [1.165, 1.54) is 10.6 Å². The molecule has 1 aliphatic rings. The van der Waals surface area contributed by atoms with Crippen molar-refractivity contribution in [1.82, 2.24) is 10.2 Å². The normalized spacial score (nSPS) is 14.4. The molecule has 1 heterocycles. The smallest absolute Gasteiger partial charge is 0.239 e. The Morgan fingerprint density at radius 1 is 1.42 bits per heavy atom. The zero-order valence-electron chi connectivity index (χ0n) is 11.6. The zero-order valence-corrected chi connectivity index (χ0v) is 12.4. The molecule has 1 aromatic rings. The molecule has 4 nitrogen and oxygen atoms in total. The molecular weight excluding hydrogens is 258 g/mol. The maximum atomic E-state index is 11.9. The number of likely N-dealkylation sites (N-methyl/N-ethyl adjacent to an activating group) is 1. The lowest BCUT2D eigenvalue weighted by atomic mass is 10.2. The fourth-order valence-corrected chi connectivity index (χ4v) is 3.09. The molecule has 1 aromatic carbocycles. The van der Waals surface area contributed by atoms with Gasteiger partial charge in [0.05, 0.1) is 12.2 Å². The topological polar surface area (TPSA) is 35.6 Å². The second-order valence-corrected chi connectivity index (χ2v) is 6.03. The fourth-order valence-electron chi connectivity index (χ4n) is 2.04. The van der Waals surface area contributed by atoms with Crippen LogP contribution in [0.3, 0.4) is 0 Å². The molecule has 0 aromatic heterocycles. The third kappa shape index (κ3) is 4.14. The van der Waals surface area contributed by atoms with Crippen LogP contribution in [0.15, 0.2) is 29.2 Å². The van der Waals surface area contributed by atoms with Crippen molar-refractivity contribution in [2.75, 3.05) is 50.9 Å². The molecule has 0 fully saturated rings. The van der Waals surface area contributed by atoms with Crippen LogP contribution in [0.25, 0.3) is 0 Å². The molecule has 0 unspecified atom stereocenters. The molecule has 1 aliphatic heterocycles. The van der Waals surface area contributed by atoms with Gasteiger partial charge in [0.15, 0.2) is 0 Å². The first-order valence-electron chi connectivity index (χ1n) is 6.55. The molecule has 0 bridgehead atoms. The Bertz CT molecular complexity index is 436. The van der Waals surface area contributed by atoms with E-state index in [-0.39, 0.29) is 5.91 Å². The monoisotopic (exact) mass is 279 g/mol. The molecule has 0 radical (unpaired) electrons. The van der Waals surface area contributed by atoms with E-state index < -0.39 is 0 Å². The molecule has 0 spiro atoms. The Hall–Kier alpha value is -1.20. The summed E-state index contributed by atoms with van der Waals surface area (Å²) in [5.74, 6) is 1.14. The minimum Gasteiger partial charge on any atom is -0.360 e. The van der Waals surface area contributed by atoms with Crippen LogP contribution < -0.4 is 10.2 Å². The third-order valence-electron chi connectivity index (χ3n) is 3.04. The van der Waals surface area contributed by atoms with Crippen LogP contribution in [0.5, 0.6) is 0 Å². The number of anilines is 1. The molecule has 1 amide bonds. The van der Waals surface area contributed by atoms with Crippen molar-refractivity contribution < 1.29 is 4.79 Å². The number of carbonyl (C=O) groups excluding carboxylic acids is 1. The summed E-state index contributed by atoms with van der Waals surface area (Å²) in [6.07, 6.45) is 0. The van der Waals surface area contributed by atoms with Crippen molar-refractivity contribution in [1.29, 1.82) is 0 Å². The Morgan fingerprint density at radius 2 is 2.21 bits per heavy atom. The van der Waals surface area contributed by atoms with Gasteiger partial charge in [0.1, 0.15) is 0 Å². The molecule has 0 aliphatic carbocycles. The Labute approximate surface area is 119 Å². The minimum atomic E-state index is 0.101. The number of amides is 1. The first-order chi connectivity index (χ1) is 9.16. The van der Waals surface area contributed by atoms with Crippen molar-refractivity contribution in [2.24, 2.45) is 0 Å². The van der Waals surface area contributed by atoms with E-state index in [1.807, 2.05) is 38.0 Å². The predicted octanol–water partition coefficient (Wildman–Crippen LogP) is 1.28. The Kier molecular flexibility index (Phi) is 5.10. The van der Waals surface area contributed by atoms with Crippen molar-refractivity contribution in [2.45, 2.75) is 4.90 Å². The molecule has 0 saturated carbocycles. The van der Waals surface area contributed by atoms with Gasteiger partial charge in [0.2, 0.25) is 5.91 Å². The highest BCUT2D eigenvalue weighted by Crippen LogP contribution is 2.33. The van der Waals surface area contributed by atoms with E-state index in [2.05, 4.69) is 27.2 Å². The van der Waals surface area contributed by atoms with Gasteiger partial charge in [-0.15, -0.1) is 11.8 Å². The quantitative estimate of drug-likeness (QED) is 0.881. The van der Waals surface area contributed by atoms with Crippen LogP contribution in [-0.2, 0) is 4.79 Å². The summed E-state index contributed by atoms with van der Waals surface area (Å²) in [5, 5.41) is 2.96. The number of rotatable bonds is 5. The minimum absolute atomic E-state index is 0.101. The highest BCUT2D eigenvalue weighted by molar-refractivity contribution is 7.99. The summed E-state index contributed by atoms with van der Waals surface area (Å²) in [6.45, 7) is 2.96. The van der Waals surface area contributed by atoms with Crippen LogP contribution in [0, 0.1) is 0 Å². The largest absolute Gasteiger partial charge is 0.360 e. The standard InChI is InChI=1S/C14H21N3OS/c1-16(2)8-7-15-14(18)11-17-9-10-19-13-6-4-3-5-12(13)17/h3-6H,7-11H2,1-2H3,(H,15,18). The van der Waals surface area contributed by atoms with Gasteiger partial charge in [-0.3, -0.25) is 4.79 Å². The van der Waals surface area contributed by atoms with Crippen molar-refractivity contribution in [3.05, 3.63) is 24.3 Å². The molecule has 2 rings (SSSR count). The zero-order chi connectivity index (χ0) is 13.7. The maximum Gasteiger partial charge on any atom is 0.239 e. The molecule has 19 heavy (non-hydrogen) atoms. The maximum absolute atomic E-state index is 11.9. The first-order valence-corrected chi connectivity index (χ1v) is 7.53. The molecule has 1 N–H and O–H groups in total. The van der Waals surface area contributed by atoms with E-state index in [0.29, 0.717) is 13.1 Å². The number of nitrogens with zero attached hydrogens (tertiary/aromatic N) is 2. The van der Waals surface area contributed by atoms with E-state index >= 15 is 0 Å². The summed E-state index contributed by atoms with van der Waals surface area (Å²) < 4.78 is 0. The summed E-state index contributed by atoms with van der Waals surface area (Å²) in [4.78, 5) is 17.4.